The van der Waals surface area contributed by atoms with E-state index in [4.69, 9.17) is 52.1 Å². The van der Waals surface area contributed by atoms with Gasteiger partial charge in [-0.25, -0.2) is 4.90 Å². The molecule has 3 aliphatic heterocycles. The average molecular weight is 590 g/mol. The van der Waals surface area contributed by atoms with E-state index >= 15 is 0 Å². The van der Waals surface area contributed by atoms with Gasteiger partial charge in [-0.15, -0.1) is 0 Å². The molecular weight excluding hydrogens is 570 g/mol. The summed E-state index contributed by atoms with van der Waals surface area (Å²) < 4.78 is 0. The number of aryl methyl sites for hydroxylation is 1. The van der Waals surface area contributed by atoms with Gasteiger partial charge >= 0.3 is 0 Å². The van der Waals surface area contributed by atoms with Gasteiger partial charge in [0.15, 0.2) is 5.54 Å². The lowest BCUT2D eigenvalue weighted by molar-refractivity contribution is -0.132. The summed E-state index contributed by atoms with van der Waals surface area (Å²) in [6.45, 7) is 1.97. The van der Waals surface area contributed by atoms with Crippen LogP contribution in [0.4, 0.5) is 11.4 Å². The second-order valence-corrected chi connectivity index (χ2v) is 11.6. The number of imide groups is 1. The molecule has 0 saturated carbocycles. The number of benzene rings is 3. The van der Waals surface area contributed by atoms with E-state index in [-0.39, 0.29) is 31.5 Å². The topological polar surface area (TPSA) is 105 Å². The Bertz CT molecular complexity index is 1540. The Balaban J connectivity index is 1.57. The van der Waals surface area contributed by atoms with Crippen molar-refractivity contribution in [3.63, 3.8) is 0 Å². The molecule has 3 heterocycles. The van der Waals surface area contributed by atoms with Crippen LogP contribution in [-0.4, -0.2) is 29.3 Å². The quantitative estimate of drug-likeness (QED) is 0.379. The summed E-state index contributed by atoms with van der Waals surface area (Å²) in [7, 11) is 0. The molecule has 3 aromatic carbocycles. The number of carbonyl (C=O) groups excluding carboxylic acids is 3. The summed E-state index contributed by atoms with van der Waals surface area (Å²) in [5.74, 6) is -3.03. The van der Waals surface area contributed by atoms with Crippen molar-refractivity contribution in [3.05, 3.63) is 91.4 Å². The maximum Gasteiger partial charge on any atom is 0.257 e. The van der Waals surface area contributed by atoms with E-state index in [0.717, 1.165) is 16.0 Å². The third kappa shape index (κ3) is 3.40. The van der Waals surface area contributed by atoms with Gasteiger partial charge < -0.3 is 11.1 Å². The number of carbonyl (C=O) groups is 3. The highest BCUT2D eigenvalue weighted by atomic mass is 35.5. The van der Waals surface area contributed by atoms with Crippen molar-refractivity contribution >= 4 is 75.5 Å². The number of amides is 3. The maximum atomic E-state index is 14.3. The first-order chi connectivity index (χ1) is 18.0. The first kappa shape index (κ1) is 25.6. The maximum absolute atomic E-state index is 14.3. The molecule has 11 heteroatoms. The van der Waals surface area contributed by atoms with Crippen molar-refractivity contribution in [2.45, 2.75) is 30.5 Å². The SMILES string of the molecule is Cc1ccc(CC2NC3(C(=O)Nc4c(Cl)cc(Cl)cc43)C3(N)C(=O)N(c4cc(Cl)cc(Cl)c4)C(=O)C23)cc1. The van der Waals surface area contributed by atoms with E-state index in [9.17, 15) is 14.4 Å². The predicted octanol–water partition coefficient (Wildman–Crippen LogP) is 4.86. The minimum atomic E-state index is -2.02. The average Bonchev–Trinajstić information content (AvgIpc) is 3.35. The molecule has 2 saturated heterocycles. The fraction of sp³-hybridized carbons (Fsp3) is 0.222. The van der Waals surface area contributed by atoms with Crippen LogP contribution in [0.1, 0.15) is 16.7 Å². The van der Waals surface area contributed by atoms with E-state index in [1.807, 2.05) is 31.2 Å². The lowest BCUT2D eigenvalue weighted by atomic mass is 9.70. The monoisotopic (exact) mass is 588 g/mol. The predicted molar refractivity (Wildman–Crippen MR) is 148 cm³/mol. The van der Waals surface area contributed by atoms with Crippen molar-refractivity contribution in [2.75, 3.05) is 10.2 Å². The van der Waals surface area contributed by atoms with Crippen LogP contribution in [0.15, 0.2) is 54.6 Å². The van der Waals surface area contributed by atoms with Crippen molar-refractivity contribution < 1.29 is 14.4 Å². The number of hydrogen-bond donors (Lipinski definition) is 3. The van der Waals surface area contributed by atoms with Crippen molar-refractivity contribution in [1.29, 1.82) is 0 Å². The highest BCUT2D eigenvalue weighted by molar-refractivity contribution is 6.39. The standard InChI is InChI=1S/C27H20Cl4N4O3/c1-12-2-4-13(5-3-12)6-20-21-23(36)35(17-8-14(28)7-15(29)9-17)25(38)26(21,32)27(34-20)18-10-16(30)11-19(31)22(18)33-24(27)37/h2-5,7-11,20-21,34H,6,32H2,1H3,(H,33,37). The highest BCUT2D eigenvalue weighted by Crippen LogP contribution is 2.56. The largest absolute Gasteiger partial charge is 0.322 e. The van der Waals surface area contributed by atoms with Crippen LogP contribution in [0.5, 0.6) is 0 Å². The summed E-state index contributed by atoms with van der Waals surface area (Å²) >= 11 is 25.2. The molecular formula is C27H20Cl4N4O3. The molecule has 0 aliphatic carbocycles. The van der Waals surface area contributed by atoms with Crippen LogP contribution in [0.3, 0.4) is 0 Å². The van der Waals surface area contributed by atoms with Crippen molar-refractivity contribution in [2.24, 2.45) is 11.7 Å². The highest BCUT2D eigenvalue weighted by Gasteiger charge is 2.78. The van der Waals surface area contributed by atoms with Gasteiger partial charge in [0.25, 0.3) is 11.8 Å². The molecule has 4 N–H and O–H groups in total. The second kappa shape index (κ2) is 8.68. The molecule has 6 rings (SSSR count). The first-order valence-electron chi connectivity index (χ1n) is 11.7. The number of anilines is 2. The van der Waals surface area contributed by atoms with Gasteiger partial charge in [0.05, 0.1) is 22.3 Å². The summed E-state index contributed by atoms with van der Waals surface area (Å²) in [5, 5.41) is 7.00. The van der Waals surface area contributed by atoms with Crippen LogP contribution >= 0.6 is 46.4 Å². The van der Waals surface area contributed by atoms with Crippen LogP contribution in [0, 0.1) is 12.8 Å². The van der Waals surface area contributed by atoms with E-state index in [1.165, 1.54) is 24.3 Å². The molecule has 0 aromatic heterocycles. The molecule has 3 aromatic rings. The van der Waals surface area contributed by atoms with Gasteiger partial charge in [0, 0.05) is 26.7 Å². The molecule has 7 nitrogen and oxygen atoms in total. The normalized spacial score (nSPS) is 27.7. The zero-order chi connectivity index (χ0) is 27.1. The lowest BCUT2D eigenvalue weighted by Crippen LogP contribution is -2.68. The molecule has 1 spiro atoms. The number of nitrogens with zero attached hydrogens (tertiary/aromatic N) is 1. The summed E-state index contributed by atoms with van der Waals surface area (Å²) in [6.07, 6.45) is 0.325. The van der Waals surface area contributed by atoms with Crippen LogP contribution in [0.2, 0.25) is 20.1 Å². The van der Waals surface area contributed by atoms with Crippen LogP contribution in [0.25, 0.3) is 0 Å². The third-order valence-electron chi connectivity index (χ3n) is 7.68. The van der Waals surface area contributed by atoms with Gasteiger partial charge in [-0.3, -0.25) is 19.7 Å². The summed E-state index contributed by atoms with van der Waals surface area (Å²) in [5.41, 5.74) is 5.94. The first-order valence-corrected chi connectivity index (χ1v) is 13.3. The Hall–Kier alpha value is -2.65. The number of rotatable bonds is 3. The van der Waals surface area contributed by atoms with Gasteiger partial charge in [-0.2, -0.15) is 0 Å². The summed E-state index contributed by atoms with van der Waals surface area (Å²) in [6, 6.07) is 14.5. The van der Waals surface area contributed by atoms with Crippen LogP contribution in [-0.2, 0) is 26.3 Å². The Kier molecular flexibility index (Phi) is 5.85. The smallest absolute Gasteiger partial charge is 0.257 e. The molecule has 38 heavy (non-hydrogen) atoms. The Labute approximate surface area is 238 Å². The zero-order valence-corrected chi connectivity index (χ0v) is 22.8. The Morgan fingerprint density at radius 2 is 1.55 bits per heavy atom. The van der Waals surface area contributed by atoms with Gasteiger partial charge in [-0.05, 0) is 49.2 Å². The summed E-state index contributed by atoms with van der Waals surface area (Å²) in [4.78, 5) is 43.2. The van der Waals surface area contributed by atoms with Crippen molar-refractivity contribution in [1.82, 2.24) is 5.32 Å². The van der Waals surface area contributed by atoms with Crippen molar-refractivity contribution in [3.8, 4) is 0 Å². The molecule has 2 fully saturated rings. The molecule has 4 unspecified atom stereocenters. The number of fused-ring (bicyclic) bond motifs is 4. The Morgan fingerprint density at radius 1 is 0.921 bits per heavy atom. The van der Waals surface area contributed by atoms with E-state index in [1.54, 1.807) is 6.07 Å². The number of nitrogens with two attached hydrogens (primary N) is 1. The molecule has 3 amide bonds. The van der Waals surface area contributed by atoms with E-state index < -0.39 is 40.8 Å². The zero-order valence-electron chi connectivity index (χ0n) is 19.8. The molecule has 0 bridgehead atoms. The minimum Gasteiger partial charge on any atom is -0.322 e. The number of nitrogens with one attached hydrogen (secondary N) is 2. The third-order valence-corrected chi connectivity index (χ3v) is 8.63. The Morgan fingerprint density at radius 3 is 2.21 bits per heavy atom. The molecule has 4 atom stereocenters. The van der Waals surface area contributed by atoms with Crippen LogP contribution < -0.4 is 21.3 Å². The fourth-order valence-corrected chi connectivity index (χ4v) is 7.11. The lowest BCUT2D eigenvalue weighted by Gasteiger charge is -2.36. The van der Waals surface area contributed by atoms with Gasteiger partial charge in [-0.1, -0.05) is 76.2 Å². The van der Waals surface area contributed by atoms with E-state index in [2.05, 4.69) is 10.6 Å². The molecule has 0 radical (unpaired) electrons. The molecule has 3 aliphatic rings. The fourth-order valence-electron chi connectivity index (χ4n) is 6.06. The van der Waals surface area contributed by atoms with Gasteiger partial charge in [0.1, 0.15) is 5.54 Å². The van der Waals surface area contributed by atoms with Gasteiger partial charge in [0.2, 0.25) is 5.91 Å². The number of hydrogen-bond acceptors (Lipinski definition) is 5. The molecule has 194 valence electrons. The number of halogens is 4. The minimum absolute atomic E-state index is 0.170. The second-order valence-electron chi connectivity index (χ2n) is 9.91. The van der Waals surface area contributed by atoms with E-state index in [0.29, 0.717) is 12.0 Å².